The summed E-state index contributed by atoms with van der Waals surface area (Å²) in [5.41, 5.74) is 1.13. The summed E-state index contributed by atoms with van der Waals surface area (Å²) in [6, 6.07) is 6.34. The van der Waals surface area contributed by atoms with Crippen molar-refractivity contribution in [3.63, 3.8) is 0 Å². The normalized spacial score (nSPS) is 23.9. The summed E-state index contributed by atoms with van der Waals surface area (Å²) in [5, 5.41) is 15.6. The van der Waals surface area contributed by atoms with Gasteiger partial charge in [-0.2, -0.15) is 0 Å². The highest BCUT2D eigenvalue weighted by atomic mass is 127. The van der Waals surface area contributed by atoms with Gasteiger partial charge in [0.15, 0.2) is 17.4 Å². The third-order valence-corrected chi connectivity index (χ3v) is 6.27. The Kier molecular flexibility index (Phi) is 7.14. The fourth-order valence-corrected chi connectivity index (χ4v) is 4.80. The number of hydrogen-bond donors (Lipinski definition) is 2. The van der Waals surface area contributed by atoms with Crippen molar-refractivity contribution >= 4 is 35.6 Å². The van der Waals surface area contributed by atoms with Crippen LogP contribution in [0.1, 0.15) is 51.3 Å². The molecular formula is C20H31IN6O. The third kappa shape index (κ3) is 3.98. The van der Waals surface area contributed by atoms with E-state index in [0.717, 1.165) is 30.5 Å². The van der Waals surface area contributed by atoms with E-state index in [4.69, 9.17) is 4.74 Å². The summed E-state index contributed by atoms with van der Waals surface area (Å²) in [6.45, 7) is 3.48. The smallest absolute Gasteiger partial charge is 0.191 e. The van der Waals surface area contributed by atoms with Gasteiger partial charge in [-0.1, -0.05) is 25.3 Å². The molecule has 0 radical (unpaired) electrons. The maximum Gasteiger partial charge on any atom is 0.191 e. The van der Waals surface area contributed by atoms with Gasteiger partial charge < -0.3 is 15.4 Å². The Labute approximate surface area is 183 Å². The number of aromatic nitrogens is 3. The first-order valence-corrected chi connectivity index (χ1v) is 10.1. The largest absolute Gasteiger partial charge is 0.378 e. The molecule has 2 aliphatic rings. The average molecular weight is 498 g/mol. The fraction of sp³-hybridized carbons (Fsp3) is 0.650. The number of rotatable bonds is 5. The minimum atomic E-state index is 0. The van der Waals surface area contributed by atoms with Crippen LogP contribution in [-0.4, -0.2) is 46.4 Å². The summed E-state index contributed by atoms with van der Waals surface area (Å²) in [7, 11) is 1.82. The number of guanidine groups is 1. The number of pyridine rings is 1. The van der Waals surface area contributed by atoms with Crippen LogP contribution in [0.2, 0.25) is 0 Å². The zero-order valence-corrected chi connectivity index (χ0v) is 19.1. The van der Waals surface area contributed by atoms with Crippen LogP contribution in [0.25, 0.3) is 5.65 Å². The highest BCUT2D eigenvalue weighted by molar-refractivity contribution is 14.0. The zero-order chi connectivity index (χ0) is 18.7. The van der Waals surface area contributed by atoms with Gasteiger partial charge in [0.1, 0.15) is 0 Å². The Bertz CT molecular complexity index is 801. The van der Waals surface area contributed by atoms with Crippen LogP contribution in [0.15, 0.2) is 29.4 Å². The molecule has 7 nitrogen and oxygen atoms in total. The molecule has 154 valence electrons. The van der Waals surface area contributed by atoms with E-state index < -0.39 is 0 Å². The number of halogens is 1. The van der Waals surface area contributed by atoms with E-state index in [9.17, 15) is 0 Å². The molecule has 2 saturated carbocycles. The molecule has 0 amide bonds. The van der Waals surface area contributed by atoms with Crippen molar-refractivity contribution in [2.45, 2.75) is 64.1 Å². The lowest BCUT2D eigenvalue weighted by Crippen LogP contribution is -2.66. The van der Waals surface area contributed by atoms with Gasteiger partial charge in [0.05, 0.1) is 12.6 Å². The van der Waals surface area contributed by atoms with E-state index in [1.807, 2.05) is 35.8 Å². The number of ether oxygens (including phenoxy) is 1. The lowest BCUT2D eigenvalue weighted by atomic mass is 9.55. The molecule has 2 fully saturated rings. The SMILES string of the molecule is CCOC1CC(NC(=NC)NCc2nnc3ccccn23)C12CCCCC2.I. The molecular weight excluding hydrogens is 467 g/mol. The number of hydrogen-bond acceptors (Lipinski definition) is 4. The highest BCUT2D eigenvalue weighted by Gasteiger charge is 2.55. The van der Waals surface area contributed by atoms with Crippen molar-refractivity contribution in [2.75, 3.05) is 13.7 Å². The molecule has 0 bridgehead atoms. The minimum absolute atomic E-state index is 0. The Balaban J connectivity index is 0.00000225. The number of nitrogens with one attached hydrogen (secondary N) is 2. The molecule has 2 N–H and O–H groups in total. The van der Waals surface area contributed by atoms with Crippen LogP contribution in [0.3, 0.4) is 0 Å². The van der Waals surface area contributed by atoms with Crippen molar-refractivity contribution < 1.29 is 4.74 Å². The van der Waals surface area contributed by atoms with Crippen molar-refractivity contribution in [1.82, 2.24) is 25.2 Å². The van der Waals surface area contributed by atoms with Crippen molar-refractivity contribution in [1.29, 1.82) is 0 Å². The summed E-state index contributed by atoms with van der Waals surface area (Å²) >= 11 is 0. The summed E-state index contributed by atoms with van der Waals surface area (Å²) in [4.78, 5) is 4.43. The second kappa shape index (κ2) is 9.39. The van der Waals surface area contributed by atoms with Gasteiger partial charge in [-0.25, -0.2) is 0 Å². The molecule has 0 aromatic carbocycles. The topological polar surface area (TPSA) is 75.8 Å². The van der Waals surface area contributed by atoms with Crippen LogP contribution in [-0.2, 0) is 11.3 Å². The van der Waals surface area contributed by atoms with E-state index in [2.05, 4.69) is 32.7 Å². The quantitative estimate of drug-likeness (QED) is 0.377. The lowest BCUT2D eigenvalue weighted by Gasteiger charge is -2.57. The molecule has 2 heterocycles. The molecule has 4 rings (SSSR count). The van der Waals surface area contributed by atoms with Crippen LogP contribution >= 0.6 is 24.0 Å². The predicted octanol–water partition coefficient (Wildman–Crippen LogP) is 3.14. The second-order valence-electron chi connectivity index (χ2n) is 7.64. The van der Waals surface area contributed by atoms with Crippen molar-refractivity contribution in [3.8, 4) is 0 Å². The maximum atomic E-state index is 6.06. The van der Waals surface area contributed by atoms with E-state index in [-0.39, 0.29) is 29.4 Å². The zero-order valence-electron chi connectivity index (χ0n) is 16.7. The fourth-order valence-electron chi connectivity index (χ4n) is 4.80. The molecule has 2 aromatic heterocycles. The first-order chi connectivity index (χ1) is 13.3. The minimum Gasteiger partial charge on any atom is -0.378 e. The number of fused-ring (bicyclic) bond motifs is 1. The molecule has 2 atom stereocenters. The predicted molar refractivity (Wildman–Crippen MR) is 121 cm³/mol. The molecule has 2 aliphatic carbocycles. The van der Waals surface area contributed by atoms with Crippen LogP contribution in [0.4, 0.5) is 0 Å². The Morgan fingerprint density at radius 2 is 2.11 bits per heavy atom. The Morgan fingerprint density at radius 1 is 1.29 bits per heavy atom. The second-order valence-corrected chi connectivity index (χ2v) is 7.64. The van der Waals surface area contributed by atoms with Gasteiger partial charge in [-0.3, -0.25) is 9.39 Å². The molecule has 28 heavy (non-hydrogen) atoms. The van der Waals surface area contributed by atoms with Gasteiger partial charge in [-0.15, -0.1) is 34.2 Å². The Hall–Kier alpha value is -1.42. The molecule has 0 saturated heterocycles. The molecule has 1 spiro atoms. The summed E-state index contributed by atoms with van der Waals surface area (Å²) in [6.07, 6.45) is 9.89. The summed E-state index contributed by atoms with van der Waals surface area (Å²) < 4.78 is 8.06. The number of aliphatic imine (C=N–C) groups is 1. The first-order valence-electron chi connectivity index (χ1n) is 10.1. The molecule has 2 aromatic rings. The highest BCUT2D eigenvalue weighted by Crippen LogP contribution is 2.53. The standard InChI is InChI=1S/C20H30N6O.HI/c1-3-27-16-13-15(20(16)10-6-4-7-11-20)23-19(21-2)22-14-18-25-24-17-9-5-8-12-26(17)18;/h5,8-9,12,15-16H,3-4,6-7,10-11,13-14H2,1-2H3,(H2,21,22,23);1H. The van der Waals surface area contributed by atoms with Gasteiger partial charge in [0.2, 0.25) is 0 Å². The van der Waals surface area contributed by atoms with Gasteiger partial charge in [-0.05, 0) is 38.3 Å². The summed E-state index contributed by atoms with van der Waals surface area (Å²) in [5.74, 6) is 1.70. The van der Waals surface area contributed by atoms with E-state index in [1.54, 1.807) is 0 Å². The van der Waals surface area contributed by atoms with Crippen molar-refractivity contribution in [2.24, 2.45) is 10.4 Å². The van der Waals surface area contributed by atoms with Gasteiger partial charge >= 0.3 is 0 Å². The molecule has 2 unspecified atom stereocenters. The first kappa shape index (κ1) is 21.3. The van der Waals surface area contributed by atoms with E-state index in [0.29, 0.717) is 18.7 Å². The van der Waals surface area contributed by atoms with Crippen LogP contribution in [0.5, 0.6) is 0 Å². The monoisotopic (exact) mass is 498 g/mol. The molecule has 8 heteroatoms. The van der Waals surface area contributed by atoms with Crippen molar-refractivity contribution in [3.05, 3.63) is 30.2 Å². The van der Waals surface area contributed by atoms with Gasteiger partial charge in [0, 0.05) is 31.3 Å². The maximum absolute atomic E-state index is 6.06. The van der Waals surface area contributed by atoms with Crippen LogP contribution in [0, 0.1) is 5.41 Å². The lowest BCUT2D eigenvalue weighted by molar-refractivity contribution is -0.145. The van der Waals surface area contributed by atoms with E-state index in [1.165, 1.54) is 32.1 Å². The average Bonchev–Trinajstić information content (AvgIpc) is 3.13. The van der Waals surface area contributed by atoms with Crippen LogP contribution < -0.4 is 10.6 Å². The van der Waals surface area contributed by atoms with Gasteiger partial charge in [0.25, 0.3) is 0 Å². The Morgan fingerprint density at radius 3 is 2.86 bits per heavy atom. The number of nitrogens with zero attached hydrogens (tertiary/aromatic N) is 4. The molecule has 0 aliphatic heterocycles. The van der Waals surface area contributed by atoms with E-state index >= 15 is 0 Å². The third-order valence-electron chi connectivity index (χ3n) is 6.27.